The van der Waals surface area contributed by atoms with Gasteiger partial charge in [-0.3, -0.25) is 4.79 Å². The molecule has 1 aromatic rings. The number of benzene rings is 1. The lowest BCUT2D eigenvalue weighted by Gasteiger charge is -2.13. The molecule has 0 spiro atoms. The minimum atomic E-state index is -0.904. The van der Waals surface area contributed by atoms with Gasteiger partial charge in [-0.05, 0) is 47.5 Å². The van der Waals surface area contributed by atoms with E-state index in [9.17, 15) is 4.79 Å². The summed E-state index contributed by atoms with van der Waals surface area (Å²) in [4.78, 5) is 10.7. The fourth-order valence-corrected chi connectivity index (χ4v) is 1.79. The second kappa shape index (κ2) is 4.86. The van der Waals surface area contributed by atoms with Crippen LogP contribution in [0.1, 0.15) is 12.5 Å². The van der Waals surface area contributed by atoms with Crippen molar-refractivity contribution in [1.82, 2.24) is 0 Å². The summed E-state index contributed by atoms with van der Waals surface area (Å²) in [5.74, 6) is -0.904. The quantitative estimate of drug-likeness (QED) is 0.898. The summed E-state index contributed by atoms with van der Waals surface area (Å²) in [7, 11) is 0. The number of halogens is 2. The highest BCUT2D eigenvalue weighted by molar-refractivity contribution is 9.10. The van der Waals surface area contributed by atoms with Crippen LogP contribution in [0.15, 0.2) is 16.6 Å². The van der Waals surface area contributed by atoms with E-state index in [-0.39, 0.29) is 0 Å². The largest absolute Gasteiger partial charge is 0.480 e. The van der Waals surface area contributed by atoms with E-state index in [0.29, 0.717) is 10.7 Å². The van der Waals surface area contributed by atoms with Crippen molar-refractivity contribution in [3.8, 4) is 0 Å². The summed E-state index contributed by atoms with van der Waals surface area (Å²) in [6.07, 6.45) is 0. The molecule has 0 saturated carbocycles. The fraction of sp³-hybridized carbons (Fsp3) is 0.300. The molecule has 0 saturated heterocycles. The Hall–Kier alpha value is -0.740. The number of rotatable bonds is 3. The number of carboxylic acid groups (broad SMARTS) is 1. The molecule has 1 rings (SSSR count). The summed E-state index contributed by atoms with van der Waals surface area (Å²) in [5.41, 5.74) is 1.62. The average molecular weight is 293 g/mol. The van der Waals surface area contributed by atoms with Crippen LogP contribution in [-0.4, -0.2) is 17.1 Å². The molecule has 0 aliphatic rings. The Morgan fingerprint density at radius 3 is 2.73 bits per heavy atom. The van der Waals surface area contributed by atoms with E-state index in [1.807, 2.05) is 13.0 Å². The number of anilines is 1. The number of aryl methyl sites for hydroxylation is 1. The van der Waals surface area contributed by atoms with Crippen LogP contribution in [0, 0.1) is 6.92 Å². The van der Waals surface area contributed by atoms with E-state index in [1.165, 1.54) is 0 Å². The summed E-state index contributed by atoms with van der Waals surface area (Å²) in [6.45, 7) is 3.46. The van der Waals surface area contributed by atoms with Crippen molar-refractivity contribution in [2.75, 3.05) is 5.32 Å². The molecule has 15 heavy (non-hydrogen) atoms. The Kier molecular flexibility index (Phi) is 3.99. The van der Waals surface area contributed by atoms with Crippen molar-refractivity contribution in [3.05, 3.63) is 27.2 Å². The van der Waals surface area contributed by atoms with Gasteiger partial charge in [-0.15, -0.1) is 0 Å². The third-order valence-electron chi connectivity index (χ3n) is 1.99. The monoisotopic (exact) mass is 291 g/mol. The highest BCUT2D eigenvalue weighted by Gasteiger charge is 2.12. The Labute approximate surface area is 102 Å². The number of carbonyl (C=O) groups is 1. The molecule has 0 fully saturated rings. The summed E-state index contributed by atoms with van der Waals surface area (Å²) in [5, 5.41) is 12.2. The molecule has 5 heteroatoms. The molecule has 82 valence electrons. The molecule has 0 aromatic heterocycles. The fourth-order valence-electron chi connectivity index (χ4n) is 1.05. The number of carboxylic acids is 1. The lowest BCUT2D eigenvalue weighted by molar-refractivity contribution is -0.137. The van der Waals surface area contributed by atoms with Crippen LogP contribution in [-0.2, 0) is 4.79 Å². The number of hydrogen-bond donors (Lipinski definition) is 2. The van der Waals surface area contributed by atoms with E-state index in [1.54, 1.807) is 13.0 Å². The summed E-state index contributed by atoms with van der Waals surface area (Å²) in [6, 6.07) is 2.90. The molecule has 0 heterocycles. The van der Waals surface area contributed by atoms with Gasteiger partial charge in [-0.1, -0.05) is 11.6 Å². The number of hydrogen-bond acceptors (Lipinski definition) is 2. The van der Waals surface area contributed by atoms with Crippen molar-refractivity contribution in [2.24, 2.45) is 0 Å². The topological polar surface area (TPSA) is 49.3 Å². The summed E-state index contributed by atoms with van der Waals surface area (Å²) < 4.78 is 0.803. The zero-order chi connectivity index (χ0) is 11.6. The lowest BCUT2D eigenvalue weighted by Crippen LogP contribution is -2.25. The Morgan fingerprint density at radius 1 is 1.60 bits per heavy atom. The predicted octanol–water partition coefficient (Wildman–Crippen LogP) is 3.30. The predicted molar refractivity (Wildman–Crippen MR) is 64.6 cm³/mol. The molecule has 0 aliphatic carbocycles. The molecule has 3 nitrogen and oxygen atoms in total. The van der Waals surface area contributed by atoms with Crippen LogP contribution in [0.25, 0.3) is 0 Å². The number of nitrogens with one attached hydrogen (secondary N) is 1. The van der Waals surface area contributed by atoms with Crippen molar-refractivity contribution in [3.63, 3.8) is 0 Å². The van der Waals surface area contributed by atoms with Crippen LogP contribution in [0.3, 0.4) is 0 Å². The maximum Gasteiger partial charge on any atom is 0.325 e. The van der Waals surface area contributed by atoms with Gasteiger partial charge in [-0.25, -0.2) is 0 Å². The van der Waals surface area contributed by atoms with Gasteiger partial charge >= 0.3 is 5.97 Å². The van der Waals surface area contributed by atoms with Crippen LogP contribution >= 0.6 is 27.5 Å². The molecule has 2 N–H and O–H groups in total. The molecule has 1 aromatic carbocycles. The van der Waals surface area contributed by atoms with Gasteiger partial charge in [0, 0.05) is 9.50 Å². The van der Waals surface area contributed by atoms with Gasteiger partial charge < -0.3 is 10.4 Å². The van der Waals surface area contributed by atoms with E-state index < -0.39 is 12.0 Å². The zero-order valence-corrected chi connectivity index (χ0v) is 10.7. The SMILES string of the molecule is Cc1cc(Br)c(NC(C)C(=O)O)cc1Cl. The molecule has 0 aliphatic heterocycles. The standard InChI is InChI=1S/C10H11BrClNO2/c1-5-3-7(11)9(4-8(5)12)13-6(2)10(14)15/h3-4,6,13H,1-2H3,(H,14,15). The molecular formula is C10H11BrClNO2. The van der Waals surface area contributed by atoms with Crippen LogP contribution in [0.5, 0.6) is 0 Å². The molecule has 0 radical (unpaired) electrons. The first-order valence-electron chi connectivity index (χ1n) is 4.37. The van der Waals surface area contributed by atoms with Crippen LogP contribution in [0.4, 0.5) is 5.69 Å². The van der Waals surface area contributed by atoms with E-state index >= 15 is 0 Å². The second-order valence-electron chi connectivity index (χ2n) is 3.29. The van der Waals surface area contributed by atoms with Crippen molar-refractivity contribution >= 4 is 39.2 Å². The van der Waals surface area contributed by atoms with Crippen LogP contribution < -0.4 is 5.32 Å². The Bertz CT molecular complexity index is 395. The first-order chi connectivity index (χ1) is 6.91. The first kappa shape index (κ1) is 12.3. The van der Waals surface area contributed by atoms with E-state index in [4.69, 9.17) is 16.7 Å². The van der Waals surface area contributed by atoms with Gasteiger partial charge in [0.1, 0.15) is 6.04 Å². The van der Waals surface area contributed by atoms with Gasteiger partial charge in [0.05, 0.1) is 5.69 Å². The molecule has 1 atom stereocenters. The molecule has 1 unspecified atom stereocenters. The third kappa shape index (κ3) is 3.11. The zero-order valence-electron chi connectivity index (χ0n) is 8.34. The smallest absolute Gasteiger partial charge is 0.325 e. The molecule has 0 amide bonds. The minimum absolute atomic E-state index is 0.610. The average Bonchev–Trinajstić information content (AvgIpc) is 2.13. The van der Waals surface area contributed by atoms with Crippen LogP contribution in [0.2, 0.25) is 5.02 Å². The highest BCUT2D eigenvalue weighted by atomic mass is 79.9. The van der Waals surface area contributed by atoms with Gasteiger partial charge in [0.2, 0.25) is 0 Å². The van der Waals surface area contributed by atoms with E-state index in [0.717, 1.165) is 10.0 Å². The van der Waals surface area contributed by atoms with Gasteiger partial charge in [0.15, 0.2) is 0 Å². The Morgan fingerprint density at radius 2 is 2.20 bits per heavy atom. The van der Waals surface area contributed by atoms with Gasteiger partial charge in [-0.2, -0.15) is 0 Å². The third-order valence-corrected chi connectivity index (χ3v) is 3.05. The lowest BCUT2D eigenvalue weighted by atomic mass is 10.2. The number of aliphatic carboxylic acids is 1. The van der Waals surface area contributed by atoms with Crippen molar-refractivity contribution in [1.29, 1.82) is 0 Å². The van der Waals surface area contributed by atoms with E-state index in [2.05, 4.69) is 21.2 Å². The Balaban J connectivity index is 2.95. The summed E-state index contributed by atoms with van der Waals surface area (Å²) >= 11 is 9.29. The van der Waals surface area contributed by atoms with Gasteiger partial charge in [0.25, 0.3) is 0 Å². The second-order valence-corrected chi connectivity index (χ2v) is 4.55. The molecular weight excluding hydrogens is 281 g/mol. The maximum atomic E-state index is 10.7. The van der Waals surface area contributed by atoms with Crippen molar-refractivity contribution < 1.29 is 9.90 Å². The van der Waals surface area contributed by atoms with Crippen molar-refractivity contribution in [2.45, 2.75) is 19.9 Å². The molecule has 0 bridgehead atoms. The highest BCUT2D eigenvalue weighted by Crippen LogP contribution is 2.29. The minimum Gasteiger partial charge on any atom is -0.480 e. The first-order valence-corrected chi connectivity index (χ1v) is 5.54. The maximum absolute atomic E-state index is 10.7. The normalized spacial score (nSPS) is 12.3.